The molecule has 210 valence electrons. The molecule has 0 saturated heterocycles. The average Bonchev–Trinajstić information content (AvgIpc) is 3.00. The molecular weight excluding hydrogens is 516 g/mol. The monoisotopic (exact) mass is 553 g/mol. The highest BCUT2D eigenvalue weighted by Gasteiger charge is 2.80. The van der Waals surface area contributed by atoms with Gasteiger partial charge in [0, 0.05) is 54.4 Å². The Hall–Kier alpha value is -2.07. The molecule has 1 amide bonds. The number of allylic oxidation sites excluding steroid dienone is 4. The number of alkyl halides is 2. The van der Waals surface area contributed by atoms with E-state index in [2.05, 4.69) is 0 Å². The zero-order valence-corrected chi connectivity index (χ0v) is 23.8. The van der Waals surface area contributed by atoms with Crippen LogP contribution in [0.2, 0.25) is 0 Å². The lowest BCUT2D eigenvalue weighted by Gasteiger charge is -2.63. The van der Waals surface area contributed by atoms with E-state index in [0.29, 0.717) is 11.8 Å². The van der Waals surface area contributed by atoms with Crippen LogP contribution in [0.4, 0.5) is 13.6 Å². The Morgan fingerprint density at radius 3 is 2.37 bits per heavy atom. The first-order chi connectivity index (χ1) is 17.4. The first-order valence-electron chi connectivity index (χ1n) is 13.0. The standard InChI is InChI=1S/C28H37F2NO6S/c1-8-21(34)37-28(22(35)38-23(36)31(6)7)24(2,3)13-18-16-12-19(29)17-11-15(32)9-10-25(17,4)27(16,30)20(33)14-26(18,28)5/h9-11,16,18-20,33H,8,12-14H2,1-7H3/t16?,18?,19-,20-,25-,26-,27-,28?/m0/s1. The minimum atomic E-state index is -2.33. The van der Waals surface area contributed by atoms with Crippen LogP contribution in [0.5, 0.6) is 0 Å². The van der Waals surface area contributed by atoms with Crippen molar-refractivity contribution in [3.05, 3.63) is 23.8 Å². The van der Waals surface area contributed by atoms with Crippen molar-refractivity contribution in [1.82, 2.24) is 4.90 Å². The minimum Gasteiger partial charge on any atom is -0.449 e. The number of rotatable bonds is 3. The van der Waals surface area contributed by atoms with E-state index < -0.39 is 73.7 Å². The lowest BCUT2D eigenvalue weighted by molar-refractivity contribution is -0.232. The number of amides is 1. The molecule has 0 bridgehead atoms. The van der Waals surface area contributed by atoms with Crippen molar-refractivity contribution >= 4 is 33.9 Å². The first kappa shape index (κ1) is 28.9. The van der Waals surface area contributed by atoms with Crippen molar-refractivity contribution < 1.29 is 37.8 Å². The Morgan fingerprint density at radius 2 is 1.79 bits per heavy atom. The Labute approximate surface area is 226 Å². The molecule has 1 N–H and O–H groups in total. The van der Waals surface area contributed by atoms with Crippen LogP contribution in [0.3, 0.4) is 0 Å². The van der Waals surface area contributed by atoms with Gasteiger partial charge in [0.2, 0.25) is 5.12 Å². The van der Waals surface area contributed by atoms with Gasteiger partial charge in [0.15, 0.2) is 17.1 Å². The van der Waals surface area contributed by atoms with Gasteiger partial charge in [-0.25, -0.2) is 8.78 Å². The maximum Gasteiger partial charge on any atom is 0.306 e. The van der Waals surface area contributed by atoms with Crippen LogP contribution in [0, 0.1) is 28.1 Å². The number of hydrogen-bond acceptors (Lipinski definition) is 7. The summed E-state index contributed by atoms with van der Waals surface area (Å²) in [7, 11) is 2.99. The fourth-order valence-corrected chi connectivity index (χ4v) is 9.13. The topological polar surface area (TPSA) is 101 Å². The molecule has 0 aromatic rings. The number of ketones is 1. The van der Waals surface area contributed by atoms with Gasteiger partial charge in [-0.05, 0) is 49.8 Å². The third kappa shape index (κ3) is 3.54. The summed E-state index contributed by atoms with van der Waals surface area (Å²) < 4.78 is 39.3. The van der Waals surface area contributed by atoms with E-state index in [9.17, 15) is 24.3 Å². The molecule has 8 atom stereocenters. The Morgan fingerprint density at radius 1 is 1.16 bits per heavy atom. The van der Waals surface area contributed by atoms with E-state index in [4.69, 9.17) is 4.74 Å². The fourth-order valence-electron chi connectivity index (χ4n) is 8.09. The summed E-state index contributed by atoms with van der Waals surface area (Å²) in [5.41, 5.74) is -8.14. The molecule has 4 aliphatic rings. The van der Waals surface area contributed by atoms with Gasteiger partial charge >= 0.3 is 5.97 Å². The first-order valence-corrected chi connectivity index (χ1v) is 13.9. The number of thioether (sulfide) groups is 1. The predicted octanol–water partition coefficient (Wildman–Crippen LogP) is 4.57. The number of aliphatic hydroxyl groups excluding tert-OH is 1. The Balaban J connectivity index is 1.91. The SMILES string of the molecule is CCC(=O)OC1(C(=O)SC(=O)N(C)C)C(C)(C)CC2C3C[C@H](F)C4=CC(=O)C=C[C@]4(C)[C@@]3(F)[C@@H](O)C[C@@]21C. The Bertz CT molecular complexity index is 1150. The van der Waals surface area contributed by atoms with Gasteiger partial charge in [-0.2, -0.15) is 0 Å². The lowest BCUT2D eigenvalue weighted by atomic mass is 9.44. The van der Waals surface area contributed by atoms with E-state index in [0.717, 1.165) is 6.08 Å². The van der Waals surface area contributed by atoms with E-state index in [1.807, 2.05) is 0 Å². The summed E-state index contributed by atoms with van der Waals surface area (Å²) in [6.07, 6.45) is 0.0256. The average molecular weight is 554 g/mol. The molecule has 7 nitrogen and oxygen atoms in total. The molecule has 4 aliphatic carbocycles. The van der Waals surface area contributed by atoms with Gasteiger partial charge in [0.05, 0.1) is 6.10 Å². The molecule has 0 heterocycles. The van der Waals surface area contributed by atoms with Crippen molar-refractivity contribution in [3.63, 3.8) is 0 Å². The van der Waals surface area contributed by atoms with Gasteiger partial charge in [-0.3, -0.25) is 19.2 Å². The second-order valence-corrected chi connectivity index (χ2v) is 13.4. The highest BCUT2D eigenvalue weighted by molar-refractivity contribution is 8.26. The largest absolute Gasteiger partial charge is 0.449 e. The van der Waals surface area contributed by atoms with Crippen LogP contribution >= 0.6 is 11.8 Å². The summed E-state index contributed by atoms with van der Waals surface area (Å²) in [6, 6.07) is 0. The zero-order valence-electron chi connectivity index (χ0n) is 23.0. The maximum atomic E-state index is 17.5. The van der Waals surface area contributed by atoms with Crippen LogP contribution in [-0.2, 0) is 19.1 Å². The number of ether oxygens (including phenoxy) is 1. The molecule has 0 aromatic carbocycles. The summed E-state index contributed by atoms with van der Waals surface area (Å²) in [6.45, 7) is 8.27. The second kappa shape index (κ2) is 8.98. The van der Waals surface area contributed by atoms with Crippen LogP contribution in [0.1, 0.15) is 60.3 Å². The van der Waals surface area contributed by atoms with Crippen LogP contribution in [-0.4, -0.2) is 69.8 Å². The zero-order chi connectivity index (χ0) is 28.6. The van der Waals surface area contributed by atoms with Gasteiger partial charge in [0.1, 0.15) is 6.17 Å². The molecule has 0 aliphatic heterocycles. The molecule has 38 heavy (non-hydrogen) atoms. The number of esters is 1. The molecule has 10 heteroatoms. The number of aliphatic hydroxyl groups is 1. The molecule has 0 spiro atoms. The molecule has 4 rings (SSSR count). The van der Waals surface area contributed by atoms with Crippen molar-refractivity contribution in [3.8, 4) is 0 Å². The van der Waals surface area contributed by atoms with Crippen molar-refractivity contribution in [1.29, 1.82) is 0 Å². The van der Waals surface area contributed by atoms with E-state index >= 15 is 8.78 Å². The fraction of sp³-hybridized carbons (Fsp3) is 0.714. The molecule has 3 unspecified atom stereocenters. The van der Waals surface area contributed by atoms with E-state index in [1.54, 1.807) is 27.7 Å². The molecule has 3 saturated carbocycles. The van der Waals surface area contributed by atoms with Gasteiger partial charge in [0.25, 0.3) is 5.24 Å². The third-order valence-electron chi connectivity index (χ3n) is 9.89. The van der Waals surface area contributed by atoms with Crippen LogP contribution < -0.4 is 0 Å². The normalized spacial score (nSPS) is 42.9. The van der Waals surface area contributed by atoms with Crippen LogP contribution in [0.25, 0.3) is 0 Å². The maximum absolute atomic E-state index is 17.5. The van der Waals surface area contributed by atoms with Crippen molar-refractivity contribution in [2.75, 3.05) is 14.1 Å². The summed E-state index contributed by atoms with van der Waals surface area (Å²) >= 11 is 0.424. The minimum absolute atomic E-state index is 0.00976. The number of carbonyl (C=O) groups excluding carboxylic acids is 4. The van der Waals surface area contributed by atoms with Crippen LogP contribution in [0.15, 0.2) is 23.8 Å². The predicted molar refractivity (Wildman–Crippen MR) is 139 cm³/mol. The number of carbonyl (C=O) groups is 4. The van der Waals surface area contributed by atoms with Gasteiger partial charge in [-0.1, -0.05) is 33.8 Å². The molecule has 0 aromatic heterocycles. The number of fused-ring (bicyclic) bond motifs is 5. The van der Waals surface area contributed by atoms with Gasteiger partial charge in [-0.15, -0.1) is 0 Å². The highest BCUT2D eigenvalue weighted by Crippen LogP contribution is 2.74. The smallest absolute Gasteiger partial charge is 0.306 e. The van der Waals surface area contributed by atoms with E-state index in [1.165, 1.54) is 38.1 Å². The lowest BCUT2D eigenvalue weighted by Crippen LogP contribution is -2.71. The third-order valence-corrected chi connectivity index (χ3v) is 10.9. The second-order valence-electron chi connectivity index (χ2n) is 12.5. The summed E-state index contributed by atoms with van der Waals surface area (Å²) in [5, 5.41) is 10.4. The quantitative estimate of drug-likeness (QED) is 0.511. The summed E-state index contributed by atoms with van der Waals surface area (Å²) in [4.78, 5) is 52.8. The molecule has 3 fully saturated rings. The van der Waals surface area contributed by atoms with E-state index in [-0.39, 0.29) is 31.3 Å². The van der Waals surface area contributed by atoms with Crippen molar-refractivity contribution in [2.24, 2.45) is 28.1 Å². The van der Waals surface area contributed by atoms with Gasteiger partial charge < -0.3 is 14.7 Å². The van der Waals surface area contributed by atoms with Crippen molar-refractivity contribution in [2.45, 2.75) is 83.8 Å². The number of hydrogen-bond donors (Lipinski definition) is 1. The highest BCUT2D eigenvalue weighted by atomic mass is 32.2. The molecule has 0 radical (unpaired) electrons. The number of halogens is 2. The Kier molecular flexibility index (Phi) is 6.83. The summed E-state index contributed by atoms with van der Waals surface area (Å²) in [5.74, 6) is -2.80. The molecular formula is C28H37F2NO6S. The number of nitrogens with zero attached hydrogens (tertiary/aromatic N) is 1.